The number of nitrogens with one attached hydrogen (secondary N) is 1. The van der Waals surface area contributed by atoms with E-state index in [1.807, 2.05) is 27.7 Å². The Morgan fingerprint density at radius 1 is 1.10 bits per heavy atom. The summed E-state index contributed by atoms with van der Waals surface area (Å²) >= 11 is 0. The normalized spacial score (nSPS) is 12.9. The average molecular weight is 304 g/mol. The highest BCUT2D eigenvalue weighted by Crippen LogP contribution is 1.98. The second-order valence-electron chi connectivity index (χ2n) is 5.09. The third-order valence-corrected chi connectivity index (χ3v) is 2.97. The van der Waals surface area contributed by atoms with E-state index in [4.69, 9.17) is 14.2 Å². The highest BCUT2D eigenvalue weighted by atomic mass is 16.5. The molecule has 0 saturated heterocycles. The smallest absolute Gasteiger partial charge is 0.324 e. The molecule has 0 rings (SSSR count). The van der Waals surface area contributed by atoms with Crippen LogP contribution in [0.1, 0.15) is 27.7 Å². The van der Waals surface area contributed by atoms with Gasteiger partial charge < -0.3 is 19.5 Å². The second-order valence-corrected chi connectivity index (χ2v) is 5.09. The molecule has 0 amide bonds. The number of esters is 1. The largest absolute Gasteiger partial charge is 0.468 e. The topological polar surface area (TPSA) is 60.0 Å². The minimum atomic E-state index is -0.335. The van der Waals surface area contributed by atoms with Gasteiger partial charge in [0, 0.05) is 38.9 Å². The third kappa shape index (κ3) is 10.6. The molecule has 21 heavy (non-hydrogen) atoms. The van der Waals surface area contributed by atoms with Crippen molar-refractivity contribution in [2.75, 3.05) is 53.2 Å². The Labute approximate surface area is 129 Å². The summed E-state index contributed by atoms with van der Waals surface area (Å²) in [4.78, 5) is 14.0. The van der Waals surface area contributed by atoms with Gasteiger partial charge in [-0.05, 0) is 13.8 Å². The van der Waals surface area contributed by atoms with Gasteiger partial charge in [-0.15, -0.1) is 0 Å². The zero-order valence-electron chi connectivity index (χ0n) is 14.2. The number of nitrogens with zero attached hydrogens (tertiary/aromatic N) is 1. The number of ether oxygens (including phenoxy) is 3. The highest BCUT2D eigenvalue weighted by Gasteiger charge is 2.22. The van der Waals surface area contributed by atoms with Crippen LogP contribution in [0.5, 0.6) is 0 Å². The van der Waals surface area contributed by atoms with Crippen molar-refractivity contribution in [2.24, 2.45) is 0 Å². The van der Waals surface area contributed by atoms with E-state index in [1.165, 1.54) is 7.11 Å². The van der Waals surface area contributed by atoms with E-state index >= 15 is 0 Å². The fourth-order valence-corrected chi connectivity index (χ4v) is 1.97. The first kappa shape index (κ1) is 20.3. The SMILES string of the molecule is CCOCCN(CCOCC)CC(NC(C)C)C(=O)OC. The summed E-state index contributed by atoms with van der Waals surface area (Å²) in [5, 5.41) is 3.24. The molecule has 0 aliphatic carbocycles. The number of methoxy groups -OCH3 is 1. The van der Waals surface area contributed by atoms with Crippen molar-refractivity contribution in [3.8, 4) is 0 Å². The Morgan fingerprint density at radius 2 is 1.62 bits per heavy atom. The maximum absolute atomic E-state index is 11.9. The number of carbonyl (C=O) groups is 1. The summed E-state index contributed by atoms with van der Waals surface area (Å²) in [5.41, 5.74) is 0. The lowest BCUT2D eigenvalue weighted by molar-refractivity contribution is -0.144. The van der Waals surface area contributed by atoms with E-state index in [0.717, 1.165) is 13.1 Å². The minimum absolute atomic E-state index is 0.217. The van der Waals surface area contributed by atoms with Crippen molar-refractivity contribution >= 4 is 5.97 Å². The molecule has 1 atom stereocenters. The number of hydrogen-bond donors (Lipinski definition) is 1. The van der Waals surface area contributed by atoms with E-state index < -0.39 is 0 Å². The Morgan fingerprint density at radius 3 is 2.00 bits per heavy atom. The van der Waals surface area contributed by atoms with Gasteiger partial charge in [0.15, 0.2) is 0 Å². The molecule has 0 fully saturated rings. The van der Waals surface area contributed by atoms with E-state index in [2.05, 4.69) is 10.2 Å². The maximum atomic E-state index is 11.9. The molecule has 126 valence electrons. The molecule has 0 aromatic heterocycles. The Hall–Kier alpha value is -0.690. The molecular formula is C15H32N2O4. The summed E-state index contributed by atoms with van der Waals surface area (Å²) in [5.74, 6) is -0.235. The van der Waals surface area contributed by atoms with Crippen LogP contribution in [0.3, 0.4) is 0 Å². The van der Waals surface area contributed by atoms with E-state index in [9.17, 15) is 4.79 Å². The molecule has 0 aliphatic rings. The molecule has 0 saturated carbocycles. The lowest BCUT2D eigenvalue weighted by atomic mass is 10.2. The van der Waals surface area contributed by atoms with Crippen molar-refractivity contribution in [1.29, 1.82) is 0 Å². The summed E-state index contributed by atoms with van der Waals surface area (Å²) < 4.78 is 15.7. The van der Waals surface area contributed by atoms with Crippen molar-refractivity contribution in [3.05, 3.63) is 0 Å². The number of carbonyl (C=O) groups excluding carboxylic acids is 1. The fraction of sp³-hybridized carbons (Fsp3) is 0.933. The van der Waals surface area contributed by atoms with Crippen molar-refractivity contribution < 1.29 is 19.0 Å². The summed E-state index contributed by atoms with van der Waals surface area (Å²) in [6.07, 6.45) is 0. The van der Waals surface area contributed by atoms with Gasteiger partial charge in [-0.2, -0.15) is 0 Å². The number of rotatable bonds is 13. The highest BCUT2D eigenvalue weighted by molar-refractivity contribution is 5.75. The van der Waals surface area contributed by atoms with Gasteiger partial charge in [0.2, 0.25) is 0 Å². The molecule has 0 bridgehead atoms. The molecule has 0 aromatic rings. The molecule has 1 unspecified atom stereocenters. The molecule has 6 heteroatoms. The summed E-state index contributed by atoms with van der Waals surface area (Å²) in [7, 11) is 1.42. The summed E-state index contributed by atoms with van der Waals surface area (Å²) in [6, 6.07) is -0.118. The zero-order chi connectivity index (χ0) is 16.1. The lowest BCUT2D eigenvalue weighted by Gasteiger charge is -2.27. The van der Waals surface area contributed by atoms with Crippen LogP contribution in [0.4, 0.5) is 0 Å². The minimum Gasteiger partial charge on any atom is -0.468 e. The van der Waals surface area contributed by atoms with Crippen LogP contribution in [0.15, 0.2) is 0 Å². The molecule has 0 aliphatic heterocycles. The van der Waals surface area contributed by atoms with E-state index in [0.29, 0.717) is 33.0 Å². The second kappa shape index (κ2) is 13.0. The van der Waals surface area contributed by atoms with Gasteiger partial charge in [-0.3, -0.25) is 9.69 Å². The first-order valence-corrected chi connectivity index (χ1v) is 7.76. The molecule has 0 aromatic carbocycles. The number of hydrogen-bond acceptors (Lipinski definition) is 6. The zero-order valence-corrected chi connectivity index (χ0v) is 14.2. The molecule has 1 N–H and O–H groups in total. The molecule has 6 nitrogen and oxygen atoms in total. The average Bonchev–Trinajstić information content (AvgIpc) is 2.45. The van der Waals surface area contributed by atoms with Crippen LogP contribution in [-0.2, 0) is 19.0 Å². The monoisotopic (exact) mass is 304 g/mol. The van der Waals surface area contributed by atoms with Gasteiger partial charge in [0.1, 0.15) is 6.04 Å². The van der Waals surface area contributed by atoms with Crippen LogP contribution in [0.2, 0.25) is 0 Å². The molecule has 0 radical (unpaired) electrons. The van der Waals surface area contributed by atoms with Crippen molar-refractivity contribution in [1.82, 2.24) is 10.2 Å². The van der Waals surface area contributed by atoms with Crippen LogP contribution < -0.4 is 5.32 Å². The standard InChI is InChI=1S/C15H32N2O4/c1-6-20-10-8-17(9-11-21-7-2)12-14(15(18)19-5)16-13(3)4/h13-14,16H,6-12H2,1-5H3. The fourth-order valence-electron chi connectivity index (χ4n) is 1.97. The predicted molar refractivity (Wildman–Crippen MR) is 83.5 cm³/mol. The predicted octanol–water partition coefficient (Wildman–Crippen LogP) is 0.901. The van der Waals surface area contributed by atoms with Gasteiger partial charge in [-0.25, -0.2) is 0 Å². The maximum Gasteiger partial charge on any atom is 0.324 e. The van der Waals surface area contributed by atoms with Crippen LogP contribution in [0.25, 0.3) is 0 Å². The van der Waals surface area contributed by atoms with Crippen molar-refractivity contribution in [2.45, 2.75) is 39.8 Å². The first-order valence-electron chi connectivity index (χ1n) is 7.76. The van der Waals surface area contributed by atoms with Gasteiger partial charge in [-0.1, -0.05) is 13.8 Å². The molecular weight excluding hydrogens is 272 g/mol. The van der Waals surface area contributed by atoms with E-state index in [-0.39, 0.29) is 18.1 Å². The Kier molecular flexibility index (Phi) is 12.6. The van der Waals surface area contributed by atoms with Crippen LogP contribution >= 0.6 is 0 Å². The molecule has 0 spiro atoms. The lowest BCUT2D eigenvalue weighted by Crippen LogP contribution is -2.50. The Bertz CT molecular complexity index is 252. The molecule has 0 heterocycles. The van der Waals surface area contributed by atoms with Gasteiger partial charge in [0.05, 0.1) is 20.3 Å². The third-order valence-electron chi connectivity index (χ3n) is 2.97. The van der Waals surface area contributed by atoms with E-state index in [1.54, 1.807) is 0 Å². The Balaban J connectivity index is 4.48. The quantitative estimate of drug-likeness (QED) is 0.403. The first-order chi connectivity index (χ1) is 10.0. The van der Waals surface area contributed by atoms with Gasteiger partial charge in [0.25, 0.3) is 0 Å². The van der Waals surface area contributed by atoms with Crippen molar-refractivity contribution in [3.63, 3.8) is 0 Å². The van der Waals surface area contributed by atoms with Crippen LogP contribution in [0, 0.1) is 0 Å². The van der Waals surface area contributed by atoms with Crippen LogP contribution in [-0.4, -0.2) is 76.1 Å². The van der Waals surface area contributed by atoms with Gasteiger partial charge >= 0.3 is 5.97 Å². The summed E-state index contributed by atoms with van der Waals surface area (Å²) in [6.45, 7) is 12.8.